The fraction of sp³-hybridized carbons (Fsp3) is 0.0714. The van der Waals surface area contributed by atoms with Crippen LogP contribution in [-0.2, 0) is 5.88 Å². The Morgan fingerprint density at radius 1 is 1.06 bits per heavy atom. The quantitative estimate of drug-likeness (QED) is 0.626. The summed E-state index contributed by atoms with van der Waals surface area (Å²) in [7, 11) is 0. The normalized spacial score (nSPS) is 10.9. The molecular weight excluding hydrogens is 232 g/mol. The molecule has 3 heteroatoms. The van der Waals surface area contributed by atoms with Crippen LogP contribution >= 0.6 is 11.6 Å². The third-order valence-electron chi connectivity index (χ3n) is 2.78. The number of pyridine rings is 1. The minimum absolute atomic E-state index is 0.510. The highest BCUT2D eigenvalue weighted by Crippen LogP contribution is 2.18. The third kappa shape index (κ3) is 1.92. The number of fused-ring (bicyclic) bond motifs is 1. The second-order valence-electron chi connectivity index (χ2n) is 3.95. The van der Waals surface area contributed by atoms with Gasteiger partial charge in [0.1, 0.15) is 5.82 Å². The molecule has 0 fully saturated rings. The predicted octanol–water partition coefficient (Wildman–Crippen LogP) is 3.76. The van der Waals surface area contributed by atoms with E-state index in [0.29, 0.717) is 5.88 Å². The Balaban J connectivity index is 2.13. The molecule has 3 aromatic rings. The molecule has 0 saturated carbocycles. The monoisotopic (exact) mass is 242 g/mol. The second-order valence-corrected chi connectivity index (χ2v) is 4.22. The minimum atomic E-state index is 0.510. The fourth-order valence-electron chi connectivity index (χ4n) is 1.90. The molecule has 0 aliphatic heterocycles. The average Bonchev–Trinajstić information content (AvgIpc) is 2.82. The second kappa shape index (κ2) is 4.22. The van der Waals surface area contributed by atoms with Gasteiger partial charge in [-0.25, -0.2) is 4.98 Å². The number of hydrogen-bond acceptors (Lipinski definition) is 1. The molecule has 17 heavy (non-hydrogen) atoms. The van der Waals surface area contributed by atoms with E-state index >= 15 is 0 Å². The van der Waals surface area contributed by atoms with Crippen molar-refractivity contribution >= 4 is 22.4 Å². The highest BCUT2D eigenvalue weighted by Gasteiger charge is 2.01. The number of benzene rings is 1. The van der Waals surface area contributed by atoms with E-state index in [4.69, 9.17) is 11.6 Å². The summed E-state index contributed by atoms with van der Waals surface area (Å²) in [5.74, 6) is 1.41. The standard InChI is InChI=1S/C14H11ClN2/c15-8-11-5-6-16-14(7-11)17-9-12-3-1-2-4-13(12)10-17/h1-7,9-10H,8H2. The molecule has 0 atom stereocenters. The fourth-order valence-corrected chi connectivity index (χ4v) is 2.07. The highest BCUT2D eigenvalue weighted by molar-refractivity contribution is 6.17. The molecule has 0 aliphatic carbocycles. The van der Waals surface area contributed by atoms with Crippen molar-refractivity contribution in [2.24, 2.45) is 0 Å². The van der Waals surface area contributed by atoms with Crippen molar-refractivity contribution in [3.05, 3.63) is 60.6 Å². The summed E-state index contributed by atoms with van der Waals surface area (Å²) in [4.78, 5) is 4.36. The molecular formula is C14H11ClN2. The zero-order valence-electron chi connectivity index (χ0n) is 9.18. The van der Waals surface area contributed by atoms with Gasteiger partial charge in [-0.1, -0.05) is 24.3 Å². The predicted molar refractivity (Wildman–Crippen MR) is 70.6 cm³/mol. The first-order valence-corrected chi connectivity index (χ1v) is 5.98. The number of hydrogen-bond donors (Lipinski definition) is 0. The van der Waals surface area contributed by atoms with Crippen molar-refractivity contribution in [3.8, 4) is 5.82 Å². The lowest BCUT2D eigenvalue weighted by Gasteiger charge is -2.02. The smallest absolute Gasteiger partial charge is 0.136 e. The van der Waals surface area contributed by atoms with Crippen LogP contribution in [0.2, 0.25) is 0 Å². The van der Waals surface area contributed by atoms with Gasteiger partial charge in [-0.3, -0.25) is 0 Å². The molecule has 0 bridgehead atoms. The van der Waals surface area contributed by atoms with Gasteiger partial charge in [0.25, 0.3) is 0 Å². The molecule has 1 aromatic carbocycles. The Morgan fingerprint density at radius 2 is 1.76 bits per heavy atom. The molecule has 3 rings (SSSR count). The molecule has 2 heterocycles. The van der Waals surface area contributed by atoms with Gasteiger partial charge in [0, 0.05) is 24.5 Å². The summed E-state index contributed by atoms with van der Waals surface area (Å²) < 4.78 is 2.03. The van der Waals surface area contributed by atoms with Crippen LogP contribution in [0.25, 0.3) is 16.6 Å². The van der Waals surface area contributed by atoms with Crippen LogP contribution in [0.4, 0.5) is 0 Å². The highest BCUT2D eigenvalue weighted by atomic mass is 35.5. The maximum absolute atomic E-state index is 5.83. The Kier molecular flexibility index (Phi) is 2.57. The maximum atomic E-state index is 5.83. The summed E-state index contributed by atoms with van der Waals surface area (Å²) in [5.41, 5.74) is 1.08. The Bertz CT molecular complexity index is 625. The molecule has 2 nitrogen and oxygen atoms in total. The van der Waals surface area contributed by atoms with Gasteiger partial charge in [-0.05, 0) is 28.5 Å². The van der Waals surface area contributed by atoms with Crippen LogP contribution in [0.5, 0.6) is 0 Å². The van der Waals surface area contributed by atoms with Crippen LogP contribution in [0, 0.1) is 0 Å². The molecule has 0 aliphatic rings. The van der Waals surface area contributed by atoms with Gasteiger partial charge in [0.2, 0.25) is 0 Å². The van der Waals surface area contributed by atoms with E-state index in [1.165, 1.54) is 10.8 Å². The van der Waals surface area contributed by atoms with Crippen molar-refractivity contribution in [3.63, 3.8) is 0 Å². The molecule has 0 spiro atoms. The molecule has 2 aromatic heterocycles. The molecule has 0 saturated heterocycles. The van der Waals surface area contributed by atoms with Gasteiger partial charge in [-0.15, -0.1) is 11.6 Å². The zero-order chi connectivity index (χ0) is 11.7. The SMILES string of the molecule is ClCc1ccnc(-n2cc3ccccc3c2)c1. The van der Waals surface area contributed by atoms with Crippen LogP contribution < -0.4 is 0 Å². The Morgan fingerprint density at radius 3 is 2.41 bits per heavy atom. The average molecular weight is 243 g/mol. The maximum Gasteiger partial charge on any atom is 0.136 e. The van der Waals surface area contributed by atoms with E-state index in [2.05, 4.69) is 29.5 Å². The summed E-state index contributed by atoms with van der Waals surface area (Å²) >= 11 is 5.83. The molecule has 84 valence electrons. The Hall–Kier alpha value is -1.80. The van der Waals surface area contributed by atoms with E-state index < -0.39 is 0 Å². The molecule has 0 radical (unpaired) electrons. The summed E-state index contributed by atoms with van der Waals surface area (Å²) in [6, 6.07) is 12.2. The van der Waals surface area contributed by atoms with Crippen LogP contribution in [0.15, 0.2) is 55.0 Å². The largest absolute Gasteiger partial charge is 0.307 e. The van der Waals surface area contributed by atoms with Crippen molar-refractivity contribution < 1.29 is 0 Å². The summed E-state index contributed by atoms with van der Waals surface area (Å²) in [6.07, 6.45) is 5.95. The molecule has 0 N–H and O–H groups in total. The van der Waals surface area contributed by atoms with Crippen LogP contribution in [0.1, 0.15) is 5.56 Å². The van der Waals surface area contributed by atoms with E-state index in [0.717, 1.165) is 11.4 Å². The summed E-state index contributed by atoms with van der Waals surface area (Å²) in [5, 5.41) is 2.43. The van der Waals surface area contributed by atoms with Crippen LogP contribution in [-0.4, -0.2) is 9.55 Å². The Labute approximate surface area is 104 Å². The van der Waals surface area contributed by atoms with Gasteiger partial charge in [0.05, 0.1) is 0 Å². The molecule has 0 unspecified atom stereocenters. The van der Waals surface area contributed by atoms with E-state index in [1.807, 2.05) is 28.8 Å². The van der Waals surface area contributed by atoms with Crippen molar-refractivity contribution in [1.82, 2.24) is 9.55 Å². The lowest BCUT2D eigenvalue weighted by Crippen LogP contribution is -1.94. The number of nitrogens with zero attached hydrogens (tertiary/aromatic N) is 2. The summed E-state index contributed by atoms with van der Waals surface area (Å²) in [6.45, 7) is 0. The zero-order valence-corrected chi connectivity index (χ0v) is 9.93. The van der Waals surface area contributed by atoms with E-state index in [-0.39, 0.29) is 0 Å². The van der Waals surface area contributed by atoms with Gasteiger partial charge in [0.15, 0.2) is 0 Å². The first-order chi connectivity index (χ1) is 8.36. The minimum Gasteiger partial charge on any atom is -0.307 e. The van der Waals surface area contributed by atoms with Crippen LogP contribution in [0.3, 0.4) is 0 Å². The van der Waals surface area contributed by atoms with Crippen molar-refractivity contribution in [2.45, 2.75) is 5.88 Å². The number of alkyl halides is 1. The number of aromatic nitrogens is 2. The van der Waals surface area contributed by atoms with Crippen molar-refractivity contribution in [1.29, 1.82) is 0 Å². The first kappa shape index (κ1) is 10.4. The van der Waals surface area contributed by atoms with E-state index in [1.54, 1.807) is 6.20 Å². The lowest BCUT2D eigenvalue weighted by atomic mass is 10.2. The van der Waals surface area contributed by atoms with E-state index in [9.17, 15) is 0 Å². The van der Waals surface area contributed by atoms with Gasteiger partial charge in [-0.2, -0.15) is 0 Å². The number of rotatable bonds is 2. The number of halogens is 1. The first-order valence-electron chi connectivity index (χ1n) is 5.45. The van der Waals surface area contributed by atoms with Crippen molar-refractivity contribution in [2.75, 3.05) is 0 Å². The third-order valence-corrected chi connectivity index (χ3v) is 3.09. The van der Waals surface area contributed by atoms with Gasteiger partial charge < -0.3 is 4.57 Å². The molecule has 0 amide bonds. The lowest BCUT2D eigenvalue weighted by molar-refractivity contribution is 1.01. The topological polar surface area (TPSA) is 17.8 Å². The van der Waals surface area contributed by atoms with Gasteiger partial charge >= 0.3 is 0 Å².